The molecule has 2 heterocycles. The maximum absolute atomic E-state index is 5.77. The lowest BCUT2D eigenvalue weighted by molar-refractivity contribution is 0.781. The average molecular weight is 460 g/mol. The summed E-state index contributed by atoms with van der Waals surface area (Å²) < 4.78 is 0. The molecule has 2 aromatic heterocycles. The van der Waals surface area contributed by atoms with E-state index in [4.69, 9.17) is 11.6 Å². The van der Waals surface area contributed by atoms with Gasteiger partial charge in [-0.25, -0.2) is 4.98 Å². The highest BCUT2D eigenvalue weighted by atomic mass is 127. The van der Waals surface area contributed by atoms with Crippen molar-refractivity contribution in [1.29, 1.82) is 0 Å². The summed E-state index contributed by atoms with van der Waals surface area (Å²) in [6.07, 6.45) is 5.49. The Morgan fingerprint density at radius 2 is 1.58 bits per heavy atom. The van der Waals surface area contributed by atoms with E-state index in [9.17, 15) is 0 Å². The molecule has 2 rings (SSSR count). The second kappa shape index (κ2) is 11.2. The molecule has 0 radical (unpaired) electrons. The molecule has 0 aromatic carbocycles. The lowest BCUT2D eigenvalue weighted by Crippen LogP contribution is -2.39. The Morgan fingerprint density at radius 1 is 1.00 bits per heavy atom. The number of aryl methyl sites for hydroxylation is 1. The summed E-state index contributed by atoms with van der Waals surface area (Å²) in [5.74, 6) is 0.798. The van der Waals surface area contributed by atoms with E-state index in [-0.39, 0.29) is 24.0 Å². The van der Waals surface area contributed by atoms with Gasteiger partial charge >= 0.3 is 0 Å². The molecule has 0 bridgehead atoms. The molecule has 0 amide bonds. The first-order valence-corrected chi connectivity index (χ1v) is 8.01. The van der Waals surface area contributed by atoms with Crippen LogP contribution < -0.4 is 10.6 Å². The Balaban J connectivity index is 0.00000288. The summed E-state index contributed by atoms with van der Waals surface area (Å²) in [6, 6.07) is 7.92. The van der Waals surface area contributed by atoms with Gasteiger partial charge in [0.15, 0.2) is 5.96 Å². The topological polar surface area (TPSA) is 62.2 Å². The van der Waals surface area contributed by atoms with Crippen molar-refractivity contribution in [2.45, 2.75) is 19.8 Å². The van der Waals surface area contributed by atoms with Gasteiger partial charge < -0.3 is 10.6 Å². The minimum atomic E-state index is 0. The van der Waals surface area contributed by atoms with Crippen LogP contribution in [0.5, 0.6) is 0 Å². The molecule has 24 heavy (non-hydrogen) atoms. The fraction of sp³-hybridized carbons (Fsp3) is 0.353. The Labute approximate surface area is 165 Å². The summed E-state index contributed by atoms with van der Waals surface area (Å²) in [5.41, 5.74) is 3.39. The first-order chi connectivity index (χ1) is 11.2. The second-order valence-electron chi connectivity index (χ2n) is 5.22. The molecule has 0 unspecified atom stereocenters. The van der Waals surface area contributed by atoms with Gasteiger partial charge in [0, 0.05) is 38.2 Å². The Hall–Kier alpha value is -1.41. The molecule has 0 spiro atoms. The van der Waals surface area contributed by atoms with E-state index in [1.165, 1.54) is 5.56 Å². The Kier molecular flexibility index (Phi) is 9.63. The van der Waals surface area contributed by atoms with Gasteiger partial charge in [0.1, 0.15) is 5.15 Å². The van der Waals surface area contributed by atoms with Gasteiger partial charge in [0.2, 0.25) is 0 Å². The molecule has 5 nitrogen and oxygen atoms in total. The van der Waals surface area contributed by atoms with E-state index in [1.54, 1.807) is 19.3 Å². The standard InChI is InChI=1S/C17H22ClN5.HI/c1-13-3-4-14(11-22-13)7-9-20-17(19-2)21-10-8-15-5-6-16(18)23-12-15;/h3-6,11-12H,7-10H2,1-2H3,(H2,19,20,21);1H. The third-order valence-electron chi connectivity index (χ3n) is 3.40. The van der Waals surface area contributed by atoms with Crippen LogP contribution in [-0.2, 0) is 12.8 Å². The molecular weight excluding hydrogens is 437 g/mol. The lowest BCUT2D eigenvalue weighted by Gasteiger charge is -2.12. The van der Waals surface area contributed by atoms with Crippen molar-refractivity contribution in [3.05, 3.63) is 58.6 Å². The van der Waals surface area contributed by atoms with Gasteiger partial charge in [-0.15, -0.1) is 24.0 Å². The monoisotopic (exact) mass is 459 g/mol. The maximum atomic E-state index is 5.77. The van der Waals surface area contributed by atoms with Gasteiger partial charge in [-0.05, 0) is 43.0 Å². The van der Waals surface area contributed by atoms with Crippen molar-refractivity contribution >= 4 is 41.5 Å². The number of halogens is 2. The first-order valence-electron chi connectivity index (χ1n) is 7.64. The van der Waals surface area contributed by atoms with Crippen LogP contribution in [0.15, 0.2) is 41.7 Å². The number of aliphatic imine (C=N–C) groups is 1. The van der Waals surface area contributed by atoms with E-state index < -0.39 is 0 Å². The van der Waals surface area contributed by atoms with Crippen LogP contribution in [0.4, 0.5) is 0 Å². The normalized spacial score (nSPS) is 10.9. The molecule has 0 fully saturated rings. The largest absolute Gasteiger partial charge is 0.356 e. The number of hydrogen-bond acceptors (Lipinski definition) is 3. The van der Waals surface area contributed by atoms with Crippen molar-refractivity contribution in [3.63, 3.8) is 0 Å². The summed E-state index contributed by atoms with van der Waals surface area (Å²) in [7, 11) is 1.77. The smallest absolute Gasteiger partial charge is 0.190 e. The number of pyridine rings is 2. The number of nitrogens with one attached hydrogen (secondary N) is 2. The third-order valence-corrected chi connectivity index (χ3v) is 3.62. The van der Waals surface area contributed by atoms with E-state index in [0.29, 0.717) is 5.15 Å². The first kappa shape index (κ1) is 20.6. The highest BCUT2D eigenvalue weighted by Crippen LogP contribution is 2.05. The molecule has 0 aliphatic carbocycles. The van der Waals surface area contributed by atoms with Crippen LogP contribution in [0, 0.1) is 6.92 Å². The number of hydrogen-bond donors (Lipinski definition) is 2. The zero-order valence-electron chi connectivity index (χ0n) is 13.9. The van der Waals surface area contributed by atoms with Crippen molar-refractivity contribution in [2.24, 2.45) is 4.99 Å². The van der Waals surface area contributed by atoms with Gasteiger partial charge in [-0.3, -0.25) is 9.98 Å². The molecule has 0 atom stereocenters. The van der Waals surface area contributed by atoms with E-state index in [0.717, 1.165) is 43.1 Å². The fourth-order valence-electron chi connectivity index (χ4n) is 2.07. The maximum Gasteiger partial charge on any atom is 0.190 e. The van der Waals surface area contributed by atoms with Crippen LogP contribution in [0.1, 0.15) is 16.8 Å². The van der Waals surface area contributed by atoms with Crippen LogP contribution in [0.2, 0.25) is 5.15 Å². The number of nitrogens with zero attached hydrogens (tertiary/aromatic N) is 3. The summed E-state index contributed by atoms with van der Waals surface area (Å²) in [5, 5.41) is 7.11. The third kappa shape index (κ3) is 7.44. The predicted octanol–water partition coefficient (Wildman–Crippen LogP) is 3.01. The molecule has 130 valence electrons. The number of aromatic nitrogens is 2. The summed E-state index contributed by atoms with van der Waals surface area (Å²) in [6.45, 7) is 3.59. The highest BCUT2D eigenvalue weighted by Gasteiger charge is 1.99. The molecule has 7 heteroatoms. The van der Waals surface area contributed by atoms with Crippen LogP contribution >= 0.6 is 35.6 Å². The minimum absolute atomic E-state index is 0. The van der Waals surface area contributed by atoms with Crippen molar-refractivity contribution < 1.29 is 0 Å². The molecule has 0 aliphatic heterocycles. The molecule has 0 aliphatic rings. The second-order valence-corrected chi connectivity index (χ2v) is 5.61. The molecule has 0 saturated carbocycles. The van der Waals surface area contributed by atoms with Crippen LogP contribution in [0.3, 0.4) is 0 Å². The van der Waals surface area contributed by atoms with Crippen molar-refractivity contribution in [1.82, 2.24) is 20.6 Å². The Bertz CT molecular complexity index is 575. The molecule has 2 aromatic rings. The van der Waals surface area contributed by atoms with Crippen LogP contribution in [0.25, 0.3) is 0 Å². The number of rotatable bonds is 6. The minimum Gasteiger partial charge on any atom is -0.356 e. The van der Waals surface area contributed by atoms with Gasteiger partial charge in [-0.1, -0.05) is 23.7 Å². The highest BCUT2D eigenvalue weighted by molar-refractivity contribution is 14.0. The quantitative estimate of drug-likeness (QED) is 0.302. The van der Waals surface area contributed by atoms with Crippen molar-refractivity contribution in [3.8, 4) is 0 Å². The molecular formula is C17H23ClIN5. The SMILES string of the molecule is CN=C(NCCc1ccc(C)nc1)NCCc1ccc(Cl)nc1.I. The van der Waals surface area contributed by atoms with E-state index in [1.807, 2.05) is 25.3 Å². The van der Waals surface area contributed by atoms with E-state index >= 15 is 0 Å². The average Bonchev–Trinajstić information content (AvgIpc) is 2.57. The van der Waals surface area contributed by atoms with Gasteiger partial charge in [-0.2, -0.15) is 0 Å². The summed E-state index contributed by atoms with van der Waals surface area (Å²) >= 11 is 5.77. The van der Waals surface area contributed by atoms with Gasteiger partial charge in [0.25, 0.3) is 0 Å². The molecule has 2 N–H and O–H groups in total. The zero-order chi connectivity index (χ0) is 16.5. The van der Waals surface area contributed by atoms with Crippen molar-refractivity contribution in [2.75, 3.05) is 20.1 Å². The van der Waals surface area contributed by atoms with E-state index in [2.05, 4.69) is 31.7 Å². The zero-order valence-corrected chi connectivity index (χ0v) is 17.0. The predicted molar refractivity (Wildman–Crippen MR) is 110 cm³/mol. The number of guanidine groups is 1. The molecule has 0 saturated heterocycles. The van der Waals surface area contributed by atoms with Crippen LogP contribution in [-0.4, -0.2) is 36.1 Å². The fourth-order valence-corrected chi connectivity index (χ4v) is 2.18. The van der Waals surface area contributed by atoms with Gasteiger partial charge in [0.05, 0.1) is 0 Å². The lowest BCUT2D eigenvalue weighted by atomic mass is 10.2. The summed E-state index contributed by atoms with van der Waals surface area (Å²) in [4.78, 5) is 12.6. The Morgan fingerprint density at radius 3 is 2.04 bits per heavy atom.